The zero-order chi connectivity index (χ0) is 10.0. The van der Waals surface area contributed by atoms with Crippen molar-refractivity contribution in [2.24, 2.45) is 12.5 Å². The van der Waals surface area contributed by atoms with E-state index in [4.69, 9.17) is 0 Å². The minimum atomic E-state index is 0.598. The highest BCUT2D eigenvalue weighted by atomic mass is 15.0. The van der Waals surface area contributed by atoms with Crippen molar-refractivity contribution < 1.29 is 0 Å². The molecule has 1 aliphatic rings. The minimum absolute atomic E-state index is 0.598. The number of aromatic nitrogens is 2. The summed E-state index contributed by atoms with van der Waals surface area (Å²) in [6, 6.07) is 0. The highest BCUT2D eigenvalue weighted by molar-refractivity contribution is 4.99. The molecule has 0 saturated heterocycles. The molecule has 0 aromatic carbocycles. The van der Waals surface area contributed by atoms with Gasteiger partial charge in [0.05, 0.1) is 0 Å². The molecule has 0 spiro atoms. The largest absolute Gasteiger partial charge is 0.338 e. The van der Waals surface area contributed by atoms with Crippen LogP contribution in [0.2, 0.25) is 0 Å². The Morgan fingerprint density at radius 1 is 1.57 bits per heavy atom. The lowest BCUT2D eigenvalue weighted by Crippen LogP contribution is -2.20. The van der Waals surface area contributed by atoms with E-state index in [1.165, 1.54) is 25.1 Å². The first-order chi connectivity index (χ1) is 6.76. The molecule has 1 saturated carbocycles. The van der Waals surface area contributed by atoms with E-state index in [1.54, 1.807) is 0 Å². The summed E-state index contributed by atoms with van der Waals surface area (Å²) in [4.78, 5) is 4.35. The van der Waals surface area contributed by atoms with Gasteiger partial charge in [0.2, 0.25) is 0 Å². The second-order valence-corrected chi connectivity index (χ2v) is 4.48. The van der Waals surface area contributed by atoms with Crippen LogP contribution >= 0.6 is 0 Å². The number of imidazole rings is 1. The number of nitrogens with zero attached hydrogens (tertiary/aromatic N) is 2. The molecule has 3 nitrogen and oxygen atoms in total. The molecular weight excluding hydrogens is 174 g/mol. The summed E-state index contributed by atoms with van der Waals surface area (Å²) in [5.41, 5.74) is 0.598. The van der Waals surface area contributed by atoms with Crippen molar-refractivity contribution in [3.8, 4) is 0 Å². The van der Waals surface area contributed by atoms with Crippen LogP contribution in [0.4, 0.5) is 0 Å². The number of hydrogen-bond acceptors (Lipinski definition) is 2. The predicted octanol–water partition coefficient (Wildman–Crippen LogP) is 1.35. The molecule has 2 rings (SSSR count). The van der Waals surface area contributed by atoms with E-state index in [0.717, 1.165) is 13.0 Å². The van der Waals surface area contributed by atoms with E-state index in [2.05, 4.69) is 21.9 Å². The van der Waals surface area contributed by atoms with Crippen molar-refractivity contribution in [2.75, 3.05) is 13.6 Å². The van der Waals surface area contributed by atoms with Crippen LogP contribution in [0.3, 0.4) is 0 Å². The molecule has 14 heavy (non-hydrogen) atoms. The summed E-state index contributed by atoms with van der Waals surface area (Å²) in [7, 11) is 4.11. The molecule has 1 heterocycles. The Labute approximate surface area is 85.5 Å². The predicted molar refractivity (Wildman–Crippen MR) is 57.1 cm³/mol. The molecular formula is C11H19N3. The number of hydrogen-bond donors (Lipinski definition) is 1. The minimum Gasteiger partial charge on any atom is -0.338 e. The van der Waals surface area contributed by atoms with Crippen LogP contribution in [0.5, 0.6) is 0 Å². The number of aryl methyl sites for hydroxylation is 2. The van der Waals surface area contributed by atoms with E-state index >= 15 is 0 Å². The maximum Gasteiger partial charge on any atom is 0.108 e. The average molecular weight is 193 g/mol. The maximum atomic E-state index is 4.35. The van der Waals surface area contributed by atoms with Crippen LogP contribution < -0.4 is 5.32 Å². The third kappa shape index (κ3) is 1.98. The highest BCUT2D eigenvalue weighted by Gasteiger charge is 2.41. The molecule has 0 radical (unpaired) electrons. The van der Waals surface area contributed by atoms with Crippen molar-refractivity contribution in [3.63, 3.8) is 0 Å². The first-order valence-corrected chi connectivity index (χ1v) is 5.37. The lowest BCUT2D eigenvalue weighted by atomic mass is 10.00. The van der Waals surface area contributed by atoms with E-state index < -0.39 is 0 Å². The zero-order valence-corrected chi connectivity index (χ0v) is 9.08. The first kappa shape index (κ1) is 9.71. The molecule has 3 heteroatoms. The molecule has 1 aromatic heterocycles. The third-order valence-corrected chi connectivity index (χ3v) is 3.31. The molecule has 1 aromatic rings. The van der Waals surface area contributed by atoms with Crippen LogP contribution in [0.1, 0.15) is 25.1 Å². The second kappa shape index (κ2) is 3.73. The molecule has 1 N–H and O–H groups in total. The SMILES string of the molecule is CNCC1(CCc2nccn2C)CC1. The standard InChI is InChI=1S/C11H19N3/c1-12-9-11(5-6-11)4-3-10-13-7-8-14(10)2/h7-8,12H,3-6,9H2,1-2H3. The lowest BCUT2D eigenvalue weighted by molar-refractivity contribution is 0.437. The fourth-order valence-corrected chi connectivity index (χ4v) is 2.08. The van der Waals surface area contributed by atoms with Gasteiger partial charge in [-0.05, 0) is 31.7 Å². The van der Waals surface area contributed by atoms with E-state index in [0.29, 0.717) is 5.41 Å². The zero-order valence-electron chi connectivity index (χ0n) is 9.08. The number of rotatable bonds is 5. The smallest absolute Gasteiger partial charge is 0.108 e. The second-order valence-electron chi connectivity index (χ2n) is 4.48. The van der Waals surface area contributed by atoms with Gasteiger partial charge in [-0.15, -0.1) is 0 Å². The van der Waals surface area contributed by atoms with Crippen LogP contribution in [0, 0.1) is 5.41 Å². The third-order valence-electron chi connectivity index (χ3n) is 3.31. The van der Waals surface area contributed by atoms with Crippen molar-refractivity contribution in [2.45, 2.75) is 25.7 Å². The Bertz CT molecular complexity index is 299. The van der Waals surface area contributed by atoms with Gasteiger partial charge in [0.1, 0.15) is 5.82 Å². The molecule has 78 valence electrons. The van der Waals surface area contributed by atoms with Crippen LogP contribution in [-0.4, -0.2) is 23.1 Å². The summed E-state index contributed by atoms with van der Waals surface area (Å²) >= 11 is 0. The van der Waals surface area contributed by atoms with Crippen molar-refractivity contribution in [1.29, 1.82) is 0 Å². The molecule has 0 atom stereocenters. The Balaban J connectivity index is 1.86. The summed E-state index contributed by atoms with van der Waals surface area (Å²) in [5, 5.41) is 3.29. The van der Waals surface area contributed by atoms with Gasteiger partial charge in [0.15, 0.2) is 0 Å². The lowest BCUT2D eigenvalue weighted by Gasteiger charge is -2.13. The topological polar surface area (TPSA) is 29.9 Å². The van der Waals surface area contributed by atoms with Crippen LogP contribution in [-0.2, 0) is 13.5 Å². The van der Waals surface area contributed by atoms with Crippen molar-refractivity contribution in [1.82, 2.24) is 14.9 Å². The van der Waals surface area contributed by atoms with E-state index in [-0.39, 0.29) is 0 Å². The van der Waals surface area contributed by atoms with Gasteiger partial charge in [0.25, 0.3) is 0 Å². The van der Waals surface area contributed by atoms with Crippen LogP contribution in [0.15, 0.2) is 12.4 Å². The van der Waals surface area contributed by atoms with Gasteiger partial charge >= 0.3 is 0 Å². The van der Waals surface area contributed by atoms with Crippen molar-refractivity contribution in [3.05, 3.63) is 18.2 Å². The fraction of sp³-hybridized carbons (Fsp3) is 0.727. The van der Waals surface area contributed by atoms with Gasteiger partial charge in [0, 0.05) is 32.4 Å². The Morgan fingerprint density at radius 2 is 2.36 bits per heavy atom. The van der Waals surface area contributed by atoms with E-state index in [9.17, 15) is 0 Å². The molecule has 0 amide bonds. The van der Waals surface area contributed by atoms with E-state index in [1.807, 2.05) is 19.4 Å². The molecule has 1 fully saturated rings. The normalized spacial score (nSPS) is 18.4. The summed E-state index contributed by atoms with van der Waals surface area (Å²) in [6.45, 7) is 1.16. The monoisotopic (exact) mass is 193 g/mol. The first-order valence-electron chi connectivity index (χ1n) is 5.37. The molecule has 0 unspecified atom stereocenters. The highest BCUT2D eigenvalue weighted by Crippen LogP contribution is 2.48. The molecule has 1 aliphatic carbocycles. The molecule has 0 bridgehead atoms. The van der Waals surface area contributed by atoms with Crippen LogP contribution in [0.25, 0.3) is 0 Å². The van der Waals surface area contributed by atoms with Gasteiger partial charge in [-0.2, -0.15) is 0 Å². The fourth-order valence-electron chi connectivity index (χ4n) is 2.08. The summed E-state index contributed by atoms with van der Waals surface area (Å²) in [6.07, 6.45) is 9.07. The quantitative estimate of drug-likeness (QED) is 0.765. The number of nitrogens with one attached hydrogen (secondary N) is 1. The maximum absolute atomic E-state index is 4.35. The van der Waals surface area contributed by atoms with Gasteiger partial charge in [-0.25, -0.2) is 4.98 Å². The van der Waals surface area contributed by atoms with Gasteiger partial charge in [-0.3, -0.25) is 0 Å². The summed E-state index contributed by atoms with van der Waals surface area (Å²) < 4.78 is 2.12. The average Bonchev–Trinajstić information content (AvgIpc) is 2.81. The Kier molecular flexibility index (Phi) is 2.59. The van der Waals surface area contributed by atoms with Gasteiger partial charge in [-0.1, -0.05) is 0 Å². The Hall–Kier alpha value is -0.830. The Morgan fingerprint density at radius 3 is 2.86 bits per heavy atom. The van der Waals surface area contributed by atoms with Gasteiger partial charge < -0.3 is 9.88 Å². The molecule has 0 aliphatic heterocycles. The summed E-state index contributed by atoms with van der Waals surface area (Å²) in [5.74, 6) is 1.22. The van der Waals surface area contributed by atoms with Crippen molar-refractivity contribution >= 4 is 0 Å².